The summed E-state index contributed by atoms with van der Waals surface area (Å²) in [5, 5.41) is 12.1. The second-order valence-corrected chi connectivity index (χ2v) is 6.15. The van der Waals surface area contributed by atoms with Gasteiger partial charge in [0.1, 0.15) is 5.54 Å². The van der Waals surface area contributed by atoms with Crippen LogP contribution in [0.4, 0.5) is 4.79 Å². The fourth-order valence-electron chi connectivity index (χ4n) is 3.67. The molecule has 1 spiro atoms. The van der Waals surface area contributed by atoms with Crippen molar-refractivity contribution in [2.24, 2.45) is 0 Å². The summed E-state index contributed by atoms with van der Waals surface area (Å²) < 4.78 is 0. The molecule has 5 heteroatoms. The van der Waals surface area contributed by atoms with Crippen LogP contribution in [-0.2, 0) is 23.3 Å². The number of aryl methyl sites for hydroxylation is 1. The van der Waals surface area contributed by atoms with E-state index in [1.165, 1.54) is 4.90 Å². The summed E-state index contributed by atoms with van der Waals surface area (Å²) in [5.74, 6) is -0.231. The number of rotatable bonds is 2. The second-order valence-electron chi connectivity index (χ2n) is 6.15. The maximum absolute atomic E-state index is 13.1. The predicted molar refractivity (Wildman–Crippen MR) is 86.7 cm³/mol. The van der Waals surface area contributed by atoms with Gasteiger partial charge in [0.2, 0.25) is 0 Å². The zero-order valence-electron chi connectivity index (χ0n) is 13.0. The van der Waals surface area contributed by atoms with Crippen molar-refractivity contribution in [3.05, 3.63) is 70.8 Å². The van der Waals surface area contributed by atoms with Gasteiger partial charge in [-0.3, -0.25) is 9.69 Å². The minimum atomic E-state index is -0.949. The molecular weight excluding hydrogens is 302 g/mol. The van der Waals surface area contributed by atoms with Gasteiger partial charge in [0, 0.05) is 0 Å². The lowest BCUT2D eigenvalue weighted by Gasteiger charge is -2.22. The molecule has 24 heavy (non-hydrogen) atoms. The molecular formula is C19H15N3O2. The maximum Gasteiger partial charge on any atom is 0.325 e. The molecule has 2 aliphatic rings. The van der Waals surface area contributed by atoms with Gasteiger partial charge < -0.3 is 5.32 Å². The maximum atomic E-state index is 13.1. The number of amides is 3. The Balaban J connectivity index is 1.70. The molecule has 1 saturated heterocycles. The minimum Gasteiger partial charge on any atom is -0.319 e. The van der Waals surface area contributed by atoms with Crippen molar-refractivity contribution in [1.82, 2.24) is 10.2 Å². The zero-order chi connectivity index (χ0) is 16.7. The van der Waals surface area contributed by atoms with Crippen molar-refractivity contribution in [3.8, 4) is 6.07 Å². The van der Waals surface area contributed by atoms with Crippen LogP contribution in [0.25, 0.3) is 0 Å². The lowest BCUT2D eigenvalue weighted by atomic mass is 9.92. The highest BCUT2D eigenvalue weighted by molar-refractivity contribution is 6.08. The summed E-state index contributed by atoms with van der Waals surface area (Å²) in [6, 6.07) is 16.5. The summed E-state index contributed by atoms with van der Waals surface area (Å²) >= 11 is 0. The molecule has 0 radical (unpaired) electrons. The molecule has 1 aliphatic carbocycles. The Morgan fingerprint density at radius 2 is 1.88 bits per heavy atom. The van der Waals surface area contributed by atoms with E-state index in [0.717, 1.165) is 17.5 Å². The minimum absolute atomic E-state index is 0.109. The van der Waals surface area contributed by atoms with Crippen LogP contribution in [-0.4, -0.2) is 16.8 Å². The first-order valence-corrected chi connectivity index (χ1v) is 7.86. The number of benzene rings is 2. The normalized spacial score (nSPS) is 21.7. The van der Waals surface area contributed by atoms with Crippen LogP contribution in [0.3, 0.4) is 0 Å². The molecule has 3 amide bonds. The van der Waals surface area contributed by atoms with Crippen LogP contribution in [0, 0.1) is 11.3 Å². The Bertz CT molecular complexity index is 899. The Hall–Kier alpha value is -3.13. The molecule has 1 heterocycles. The standard InChI is InChI=1S/C19H15N3O2/c20-11-14-6-1-2-7-15(14)12-22-17(23)19(21-18(22)24)10-9-13-5-3-4-8-16(13)19/h1-8H,9-10,12H2,(H,21,24). The van der Waals surface area contributed by atoms with E-state index >= 15 is 0 Å². The van der Waals surface area contributed by atoms with Gasteiger partial charge in [0.15, 0.2) is 0 Å². The number of nitriles is 1. The van der Waals surface area contributed by atoms with E-state index in [4.69, 9.17) is 0 Å². The number of hydrogen-bond acceptors (Lipinski definition) is 3. The number of carbonyl (C=O) groups excluding carboxylic acids is 2. The van der Waals surface area contributed by atoms with Gasteiger partial charge >= 0.3 is 6.03 Å². The molecule has 0 bridgehead atoms. The SMILES string of the molecule is N#Cc1ccccc1CN1C(=O)NC2(CCc3ccccc32)C1=O. The fraction of sp³-hybridized carbons (Fsp3) is 0.211. The van der Waals surface area contributed by atoms with Crippen molar-refractivity contribution in [2.75, 3.05) is 0 Å². The van der Waals surface area contributed by atoms with Gasteiger partial charge in [-0.05, 0) is 35.6 Å². The van der Waals surface area contributed by atoms with Crippen LogP contribution in [0.2, 0.25) is 0 Å². The summed E-state index contributed by atoms with van der Waals surface area (Å²) in [7, 11) is 0. The molecule has 0 aromatic heterocycles. The highest BCUT2D eigenvalue weighted by atomic mass is 16.2. The Kier molecular flexibility index (Phi) is 3.14. The van der Waals surface area contributed by atoms with Gasteiger partial charge in [-0.2, -0.15) is 5.26 Å². The number of hydrogen-bond donors (Lipinski definition) is 1. The lowest BCUT2D eigenvalue weighted by Crippen LogP contribution is -2.41. The van der Waals surface area contributed by atoms with Gasteiger partial charge in [0.25, 0.3) is 5.91 Å². The van der Waals surface area contributed by atoms with E-state index in [9.17, 15) is 14.9 Å². The Morgan fingerprint density at radius 1 is 1.12 bits per heavy atom. The van der Waals surface area contributed by atoms with Crippen LogP contribution in [0.1, 0.15) is 28.7 Å². The summed E-state index contributed by atoms with van der Waals surface area (Å²) in [6.45, 7) is 0.109. The molecule has 118 valence electrons. The van der Waals surface area contributed by atoms with Crippen molar-refractivity contribution >= 4 is 11.9 Å². The quantitative estimate of drug-likeness (QED) is 0.865. The van der Waals surface area contributed by atoms with Gasteiger partial charge in [-0.1, -0.05) is 42.5 Å². The van der Waals surface area contributed by atoms with Crippen molar-refractivity contribution in [1.29, 1.82) is 5.26 Å². The second kappa shape index (κ2) is 5.20. The lowest BCUT2D eigenvalue weighted by molar-refractivity contribution is -0.132. The number of nitrogens with one attached hydrogen (secondary N) is 1. The van der Waals surface area contributed by atoms with E-state index in [1.54, 1.807) is 24.3 Å². The van der Waals surface area contributed by atoms with E-state index in [-0.39, 0.29) is 12.5 Å². The summed E-state index contributed by atoms with van der Waals surface area (Å²) in [6.07, 6.45) is 1.35. The smallest absolute Gasteiger partial charge is 0.319 e. The largest absolute Gasteiger partial charge is 0.325 e. The van der Waals surface area contributed by atoms with Crippen molar-refractivity contribution in [2.45, 2.75) is 24.9 Å². The third-order valence-corrected chi connectivity index (χ3v) is 4.89. The number of fused-ring (bicyclic) bond motifs is 2. The first-order chi connectivity index (χ1) is 11.7. The average Bonchev–Trinajstić information content (AvgIpc) is 3.09. The average molecular weight is 317 g/mol. The Labute approximate surface area is 139 Å². The van der Waals surface area contributed by atoms with Gasteiger partial charge in [-0.25, -0.2) is 4.79 Å². The van der Waals surface area contributed by atoms with E-state index in [2.05, 4.69) is 11.4 Å². The number of nitrogens with zero attached hydrogens (tertiary/aromatic N) is 2. The Morgan fingerprint density at radius 3 is 2.71 bits per heavy atom. The molecule has 5 nitrogen and oxygen atoms in total. The third kappa shape index (κ3) is 1.93. The number of urea groups is 1. The van der Waals surface area contributed by atoms with Crippen LogP contribution in [0.15, 0.2) is 48.5 Å². The van der Waals surface area contributed by atoms with Gasteiger partial charge in [-0.15, -0.1) is 0 Å². The third-order valence-electron chi connectivity index (χ3n) is 4.89. The zero-order valence-corrected chi connectivity index (χ0v) is 13.0. The molecule has 1 unspecified atom stereocenters. The van der Waals surface area contributed by atoms with Crippen LogP contribution < -0.4 is 5.32 Å². The van der Waals surface area contributed by atoms with E-state index in [1.807, 2.05) is 24.3 Å². The van der Waals surface area contributed by atoms with Crippen LogP contribution >= 0.6 is 0 Å². The molecule has 1 aliphatic heterocycles. The number of carbonyl (C=O) groups is 2. The first kappa shape index (κ1) is 14.5. The molecule has 2 aromatic rings. The predicted octanol–water partition coefficient (Wildman–Crippen LogP) is 2.45. The highest BCUT2D eigenvalue weighted by Gasteiger charge is 2.55. The molecule has 2 aromatic carbocycles. The molecule has 4 rings (SSSR count). The topological polar surface area (TPSA) is 73.2 Å². The molecule has 1 N–H and O–H groups in total. The van der Waals surface area contributed by atoms with Crippen LogP contribution in [0.5, 0.6) is 0 Å². The first-order valence-electron chi connectivity index (χ1n) is 7.86. The highest BCUT2D eigenvalue weighted by Crippen LogP contribution is 2.41. The monoisotopic (exact) mass is 317 g/mol. The van der Waals surface area contributed by atoms with E-state index in [0.29, 0.717) is 17.5 Å². The van der Waals surface area contributed by atoms with Gasteiger partial charge in [0.05, 0.1) is 18.2 Å². The molecule has 1 atom stereocenters. The molecule has 0 saturated carbocycles. The fourth-order valence-corrected chi connectivity index (χ4v) is 3.67. The summed E-state index contributed by atoms with van der Waals surface area (Å²) in [5.41, 5.74) is 2.19. The summed E-state index contributed by atoms with van der Waals surface area (Å²) in [4.78, 5) is 26.8. The van der Waals surface area contributed by atoms with Crippen molar-refractivity contribution in [3.63, 3.8) is 0 Å². The van der Waals surface area contributed by atoms with Crippen molar-refractivity contribution < 1.29 is 9.59 Å². The van der Waals surface area contributed by atoms with E-state index < -0.39 is 11.6 Å². The molecule has 1 fully saturated rings. The number of imide groups is 1.